The summed E-state index contributed by atoms with van der Waals surface area (Å²) in [4.78, 5) is 27.2. The highest BCUT2D eigenvalue weighted by molar-refractivity contribution is 5.98. The van der Waals surface area contributed by atoms with Gasteiger partial charge in [0, 0.05) is 37.5 Å². The molecule has 27 heavy (non-hydrogen) atoms. The highest BCUT2D eigenvalue weighted by Gasteiger charge is 2.22. The molecule has 1 N–H and O–H groups in total. The standard InChI is InChI=1S/C23H34N2O2/c1-17(2)25-13-5-6-18(16-25)15-24-23(27)12-11-22(26)21-10-9-19-7-3-4-8-20(19)14-21/h9-10,14,17-18H,3-8,11-13,15-16H2,1-2H3,(H,24,27). The second kappa shape index (κ2) is 9.50. The summed E-state index contributed by atoms with van der Waals surface area (Å²) >= 11 is 0. The normalized spacial score (nSPS) is 20.3. The Kier molecular flexibility index (Phi) is 7.06. The van der Waals surface area contributed by atoms with Gasteiger partial charge in [-0.2, -0.15) is 0 Å². The van der Waals surface area contributed by atoms with E-state index in [2.05, 4.69) is 36.2 Å². The number of aryl methyl sites for hydroxylation is 2. The zero-order valence-electron chi connectivity index (χ0n) is 16.9. The molecule has 1 aromatic rings. The molecule has 1 heterocycles. The van der Waals surface area contributed by atoms with Crippen LogP contribution in [0.5, 0.6) is 0 Å². The van der Waals surface area contributed by atoms with Crippen molar-refractivity contribution in [2.24, 2.45) is 5.92 Å². The van der Waals surface area contributed by atoms with Crippen molar-refractivity contribution in [1.82, 2.24) is 10.2 Å². The van der Waals surface area contributed by atoms with E-state index in [9.17, 15) is 9.59 Å². The van der Waals surface area contributed by atoms with Crippen LogP contribution in [-0.2, 0) is 17.6 Å². The van der Waals surface area contributed by atoms with E-state index in [1.807, 2.05) is 6.07 Å². The van der Waals surface area contributed by atoms with Gasteiger partial charge < -0.3 is 10.2 Å². The number of nitrogens with one attached hydrogen (secondary N) is 1. The van der Waals surface area contributed by atoms with Crippen LogP contribution in [0.2, 0.25) is 0 Å². The molecule has 1 aliphatic carbocycles. The van der Waals surface area contributed by atoms with Crippen LogP contribution in [0.1, 0.15) is 73.9 Å². The molecule has 4 nitrogen and oxygen atoms in total. The van der Waals surface area contributed by atoms with Crippen molar-refractivity contribution >= 4 is 11.7 Å². The van der Waals surface area contributed by atoms with E-state index in [1.165, 1.54) is 36.8 Å². The van der Waals surface area contributed by atoms with Crippen molar-refractivity contribution in [2.75, 3.05) is 19.6 Å². The minimum absolute atomic E-state index is 0.00276. The van der Waals surface area contributed by atoms with Gasteiger partial charge in [-0.25, -0.2) is 0 Å². The summed E-state index contributed by atoms with van der Waals surface area (Å²) < 4.78 is 0. The molecular weight excluding hydrogens is 336 g/mol. The first-order valence-electron chi connectivity index (χ1n) is 10.7. The van der Waals surface area contributed by atoms with E-state index >= 15 is 0 Å². The Labute approximate surface area is 163 Å². The largest absolute Gasteiger partial charge is 0.356 e. The van der Waals surface area contributed by atoms with Crippen molar-refractivity contribution in [3.8, 4) is 0 Å². The van der Waals surface area contributed by atoms with Gasteiger partial charge in [-0.3, -0.25) is 9.59 Å². The van der Waals surface area contributed by atoms with Gasteiger partial charge in [-0.15, -0.1) is 0 Å². The van der Waals surface area contributed by atoms with Crippen LogP contribution >= 0.6 is 0 Å². The molecule has 0 bridgehead atoms. The number of hydrogen-bond donors (Lipinski definition) is 1. The molecule has 1 unspecified atom stereocenters. The predicted molar refractivity (Wildman–Crippen MR) is 109 cm³/mol. The number of benzene rings is 1. The molecule has 0 spiro atoms. The summed E-state index contributed by atoms with van der Waals surface area (Å²) in [6.07, 6.45) is 7.63. The minimum Gasteiger partial charge on any atom is -0.356 e. The quantitative estimate of drug-likeness (QED) is 0.744. The topological polar surface area (TPSA) is 49.4 Å². The zero-order chi connectivity index (χ0) is 19.2. The Morgan fingerprint density at radius 1 is 1.11 bits per heavy atom. The van der Waals surface area contributed by atoms with E-state index < -0.39 is 0 Å². The van der Waals surface area contributed by atoms with Crippen LogP contribution < -0.4 is 5.32 Å². The van der Waals surface area contributed by atoms with Crippen LogP contribution in [-0.4, -0.2) is 42.3 Å². The van der Waals surface area contributed by atoms with Crippen LogP contribution in [0.25, 0.3) is 0 Å². The van der Waals surface area contributed by atoms with Crippen molar-refractivity contribution in [2.45, 2.75) is 71.3 Å². The molecule has 1 saturated heterocycles. The van der Waals surface area contributed by atoms with Crippen molar-refractivity contribution in [3.63, 3.8) is 0 Å². The summed E-state index contributed by atoms with van der Waals surface area (Å²) in [5, 5.41) is 3.05. The average Bonchev–Trinajstić information content (AvgIpc) is 2.70. The lowest BCUT2D eigenvalue weighted by Gasteiger charge is -2.35. The maximum absolute atomic E-state index is 12.5. The van der Waals surface area contributed by atoms with Gasteiger partial charge in [0.1, 0.15) is 0 Å². The Hall–Kier alpha value is -1.68. The summed E-state index contributed by atoms with van der Waals surface area (Å²) in [5.41, 5.74) is 3.48. The highest BCUT2D eigenvalue weighted by Crippen LogP contribution is 2.23. The average molecular weight is 371 g/mol. The minimum atomic E-state index is 0.00276. The van der Waals surface area contributed by atoms with Gasteiger partial charge in [-0.1, -0.05) is 12.1 Å². The zero-order valence-corrected chi connectivity index (χ0v) is 16.9. The first kappa shape index (κ1) is 20.1. The number of carbonyl (C=O) groups is 2. The molecular formula is C23H34N2O2. The van der Waals surface area contributed by atoms with E-state index in [0.29, 0.717) is 18.4 Å². The molecule has 4 heteroatoms. The number of rotatable bonds is 7. The summed E-state index contributed by atoms with van der Waals surface area (Å²) in [6, 6.07) is 6.66. The fraction of sp³-hybridized carbons (Fsp3) is 0.652. The third kappa shape index (κ3) is 5.65. The molecule has 1 aromatic carbocycles. The number of carbonyl (C=O) groups excluding carboxylic acids is 2. The summed E-state index contributed by atoms with van der Waals surface area (Å²) in [5.74, 6) is 0.617. The van der Waals surface area contributed by atoms with Gasteiger partial charge in [-0.05, 0) is 82.0 Å². The molecule has 3 rings (SSSR count). The molecule has 1 fully saturated rings. The lowest BCUT2D eigenvalue weighted by atomic mass is 9.89. The van der Waals surface area contributed by atoms with E-state index in [-0.39, 0.29) is 18.1 Å². The number of Topliss-reactive ketones (excluding diaryl/α,β-unsaturated/α-hetero) is 1. The molecule has 0 radical (unpaired) electrons. The molecule has 2 aliphatic rings. The number of fused-ring (bicyclic) bond motifs is 1. The van der Waals surface area contributed by atoms with Crippen molar-refractivity contribution < 1.29 is 9.59 Å². The smallest absolute Gasteiger partial charge is 0.220 e. The second-order valence-corrected chi connectivity index (χ2v) is 8.51. The Morgan fingerprint density at radius 2 is 1.89 bits per heavy atom. The third-order valence-corrected chi connectivity index (χ3v) is 6.12. The lowest BCUT2D eigenvalue weighted by molar-refractivity contribution is -0.121. The van der Waals surface area contributed by atoms with E-state index in [0.717, 1.165) is 38.0 Å². The van der Waals surface area contributed by atoms with Gasteiger partial charge in [0.05, 0.1) is 0 Å². The van der Waals surface area contributed by atoms with Gasteiger partial charge >= 0.3 is 0 Å². The lowest BCUT2D eigenvalue weighted by Crippen LogP contribution is -2.43. The number of likely N-dealkylation sites (tertiary alicyclic amines) is 1. The molecule has 1 atom stereocenters. The SMILES string of the molecule is CC(C)N1CCCC(CNC(=O)CCC(=O)c2ccc3c(c2)CCCC3)C1. The summed E-state index contributed by atoms with van der Waals surface area (Å²) in [7, 11) is 0. The van der Waals surface area contributed by atoms with Gasteiger partial charge in [0.15, 0.2) is 5.78 Å². The molecule has 0 aromatic heterocycles. The maximum Gasteiger partial charge on any atom is 0.220 e. The molecule has 0 saturated carbocycles. The number of piperidine rings is 1. The Balaban J connectivity index is 1.42. The first-order chi connectivity index (χ1) is 13.0. The second-order valence-electron chi connectivity index (χ2n) is 8.51. The van der Waals surface area contributed by atoms with Gasteiger partial charge in [0.2, 0.25) is 5.91 Å². The van der Waals surface area contributed by atoms with Crippen LogP contribution in [0, 0.1) is 5.92 Å². The Morgan fingerprint density at radius 3 is 2.67 bits per heavy atom. The third-order valence-electron chi connectivity index (χ3n) is 6.12. The first-order valence-corrected chi connectivity index (χ1v) is 10.7. The number of hydrogen-bond acceptors (Lipinski definition) is 3. The molecule has 1 amide bonds. The van der Waals surface area contributed by atoms with Gasteiger partial charge in [0.25, 0.3) is 0 Å². The Bertz CT molecular complexity index is 668. The maximum atomic E-state index is 12.5. The summed E-state index contributed by atoms with van der Waals surface area (Å²) in [6.45, 7) is 7.42. The van der Waals surface area contributed by atoms with E-state index in [1.54, 1.807) is 0 Å². The number of nitrogens with zero attached hydrogens (tertiary/aromatic N) is 1. The fourth-order valence-electron chi connectivity index (χ4n) is 4.36. The number of ketones is 1. The van der Waals surface area contributed by atoms with Crippen LogP contribution in [0.15, 0.2) is 18.2 Å². The highest BCUT2D eigenvalue weighted by atomic mass is 16.2. The molecule has 148 valence electrons. The van der Waals surface area contributed by atoms with E-state index in [4.69, 9.17) is 0 Å². The number of amides is 1. The monoisotopic (exact) mass is 370 g/mol. The van der Waals surface area contributed by atoms with Crippen LogP contribution in [0.4, 0.5) is 0 Å². The fourth-order valence-corrected chi connectivity index (χ4v) is 4.36. The van der Waals surface area contributed by atoms with Crippen LogP contribution in [0.3, 0.4) is 0 Å². The molecule has 1 aliphatic heterocycles. The van der Waals surface area contributed by atoms with Crippen molar-refractivity contribution in [3.05, 3.63) is 34.9 Å². The predicted octanol–water partition coefficient (Wildman–Crippen LogP) is 3.76. The van der Waals surface area contributed by atoms with Crippen molar-refractivity contribution in [1.29, 1.82) is 0 Å².